The van der Waals surface area contributed by atoms with Gasteiger partial charge in [0.15, 0.2) is 5.75 Å². The van der Waals surface area contributed by atoms with Crippen LogP contribution in [0.25, 0.3) is 43.1 Å². The monoisotopic (exact) mass is 892 g/mol. The third-order valence-corrected chi connectivity index (χ3v) is 10.4. The summed E-state index contributed by atoms with van der Waals surface area (Å²) in [5.41, 5.74) is 0.152. The van der Waals surface area contributed by atoms with Crippen LogP contribution in [-0.4, -0.2) is 79.9 Å². The summed E-state index contributed by atoms with van der Waals surface area (Å²) in [6, 6.07) is 40.5. The summed E-state index contributed by atoms with van der Waals surface area (Å²) in [6.07, 6.45) is 0. The van der Waals surface area contributed by atoms with Gasteiger partial charge in [0, 0.05) is 16.2 Å². The molecule has 0 saturated carbocycles. The second-order valence-electron chi connectivity index (χ2n) is 11.9. The average molecular weight is 892 g/mol. The van der Waals surface area contributed by atoms with Gasteiger partial charge in [-0.25, -0.2) is 8.42 Å². The molecule has 0 unspecified atom stereocenters. The molecule has 268 valence electrons. The van der Waals surface area contributed by atoms with Crippen LogP contribution >= 0.6 is 0 Å². The van der Waals surface area contributed by atoms with Gasteiger partial charge < -0.3 is 14.8 Å². The molecule has 0 spiro atoms. The van der Waals surface area contributed by atoms with Crippen LogP contribution in [0.1, 0.15) is 0 Å². The smallest absolute Gasteiger partial charge is 0.871 e. The minimum Gasteiger partial charge on any atom is -0.871 e. The minimum absolute atomic E-state index is 0. The van der Waals surface area contributed by atoms with E-state index in [4.69, 9.17) is 0 Å². The summed E-state index contributed by atoms with van der Waals surface area (Å²) in [5.74, 6) is -0.366. The first-order chi connectivity index (χ1) is 25.9. The van der Waals surface area contributed by atoms with Crippen molar-refractivity contribution in [3.63, 3.8) is 0 Å². The zero-order chi connectivity index (χ0) is 38.0. The van der Waals surface area contributed by atoms with Crippen LogP contribution in [0.2, 0.25) is 0 Å². The van der Waals surface area contributed by atoms with E-state index < -0.39 is 25.1 Å². The zero-order valence-corrected chi connectivity index (χ0v) is 34.6. The first-order valence-corrected chi connectivity index (χ1v) is 18.9. The van der Waals surface area contributed by atoms with Crippen molar-refractivity contribution in [1.29, 1.82) is 0 Å². The van der Waals surface area contributed by atoms with Crippen LogP contribution in [-0.2, 0) is 20.2 Å². The van der Waals surface area contributed by atoms with Crippen molar-refractivity contribution in [2.75, 3.05) is 0 Å². The molecular weight excluding hydrogens is 866 g/mol. The Morgan fingerprint density at radius 1 is 0.436 bits per heavy atom. The fraction of sp³-hybridized carbons (Fsp3) is 0. The van der Waals surface area contributed by atoms with Gasteiger partial charge in [0.25, 0.3) is 10.1 Å². The van der Waals surface area contributed by atoms with Gasteiger partial charge >= 0.3 is 48.9 Å². The maximum absolute atomic E-state index is 12.5. The number of hydrogen-bond acceptors (Lipinski definition) is 11. The molecule has 0 aromatic heterocycles. The molecule has 55 heavy (non-hydrogen) atoms. The Hall–Kier alpha value is -5.01. The first kappa shape index (κ1) is 39.7. The van der Waals surface area contributed by atoms with Crippen LogP contribution < -0.4 is 5.11 Å². The van der Waals surface area contributed by atoms with E-state index in [9.17, 15) is 36.2 Å². The van der Waals surface area contributed by atoms with Crippen molar-refractivity contribution in [3.8, 4) is 11.5 Å². The predicted octanol–water partition coefficient (Wildman–Crippen LogP) is 9.37. The van der Waals surface area contributed by atoms with Crippen molar-refractivity contribution in [1.82, 2.24) is 0 Å². The van der Waals surface area contributed by atoms with Gasteiger partial charge in [-0.3, -0.25) is 4.55 Å². The van der Waals surface area contributed by atoms with Gasteiger partial charge in [-0.2, -0.15) is 13.5 Å². The maximum atomic E-state index is 12.5. The van der Waals surface area contributed by atoms with Gasteiger partial charge in [-0.15, -0.1) is 15.3 Å². The number of rotatable bonds is 6. The Balaban J connectivity index is 0.000000184. The SMILES string of the molecule is O=S(=O)(O)c1c(N=Nc2ccc3ccccc3c2O)ccc2ccccc12.O=S(=O)([O-])c1c(N=Nc2ccc3ccccc3c2[O-])ccc2ccccc12.[Ba+2]. The van der Waals surface area contributed by atoms with Gasteiger partial charge in [-0.05, 0) is 51.2 Å². The number of benzene rings is 8. The average Bonchev–Trinajstić information content (AvgIpc) is 3.16. The van der Waals surface area contributed by atoms with Crippen LogP contribution in [0.4, 0.5) is 22.7 Å². The molecule has 0 amide bonds. The van der Waals surface area contributed by atoms with E-state index in [1.807, 2.05) is 24.3 Å². The second kappa shape index (κ2) is 16.4. The van der Waals surface area contributed by atoms with E-state index in [0.29, 0.717) is 26.9 Å². The summed E-state index contributed by atoms with van der Waals surface area (Å²) in [7, 11) is -9.32. The maximum Gasteiger partial charge on any atom is 2.00 e. The van der Waals surface area contributed by atoms with Crippen LogP contribution in [0.15, 0.2) is 176 Å². The molecule has 0 aliphatic carbocycles. The number of phenolic OH excluding ortho intramolecular Hbond substituents is 1. The summed E-state index contributed by atoms with van der Waals surface area (Å²) in [6.45, 7) is 0. The quantitative estimate of drug-likeness (QED) is 0.0933. The van der Waals surface area contributed by atoms with Crippen molar-refractivity contribution in [2.45, 2.75) is 9.79 Å². The van der Waals surface area contributed by atoms with Crippen molar-refractivity contribution >= 4 is 135 Å². The van der Waals surface area contributed by atoms with Crippen LogP contribution in [0.3, 0.4) is 0 Å². The summed E-state index contributed by atoms with van der Waals surface area (Å²) >= 11 is 0. The number of fused-ring (bicyclic) bond motifs is 4. The molecular formula is C40H26BaN4O8S2. The van der Waals surface area contributed by atoms with E-state index in [1.54, 1.807) is 97.1 Å². The standard InChI is InChI=1S/2C20H14N2O4S.Ba/c2*23-19-15-7-3-1-5-13(15)9-11-17(19)21-22-18-12-10-14-6-2-4-8-16(14)20(18)27(24,25)26;/h2*1-12,23H,(H,24,25,26);/q;;+2/p-2. The molecule has 0 aliphatic heterocycles. The van der Waals surface area contributed by atoms with E-state index in [1.165, 1.54) is 24.3 Å². The number of nitrogens with zero attached hydrogens (tertiary/aromatic N) is 4. The summed E-state index contributed by atoms with van der Waals surface area (Å²) in [5, 5.41) is 43.3. The molecule has 8 aromatic carbocycles. The number of phenols is 1. The third-order valence-electron chi connectivity index (χ3n) is 8.49. The molecule has 12 nitrogen and oxygen atoms in total. The Bertz CT molecular complexity index is 2840. The molecule has 2 N–H and O–H groups in total. The first-order valence-electron chi connectivity index (χ1n) is 16.1. The molecule has 0 atom stereocenters. The molecule has 8 rings (SSSR count). The Morgan fingerprint density at radius 2 is 0.782 bits per heavy atom. The van der Waals surface area contributed by atoms with Crippen molar-refractivity contribution in [2.24, 2.45) is 20.5 Å². The number of azo groups is 2. The molecule has 0 heterocycles. The third kappa shape index (κ3) is 8.47. The topological polar surface area (TPSA) is 204 Å². The van der Waals surface area contributed by atoms with Gasteiger partial charge in [0.05, 0.1) is 10.6 Å². The van der Waals surface area contributed by atoms with Gasteiger partial charge in [-0.1, -0.05) is 127 Å². The van der Waals surface area contributed by atoms with Crippen LogP contribution in [0.5, 0.6) is 11.5 Å². The predicted molar refractivity (Wildman–Crippen MR) is 209 cm³/mol. The van der Waals surface area contributed by atoms with Crippen molar-refractivity contribution < 1.29 is 36.2 Å². The Labute approximate surface area is 355 Å². The van der Waals surface area contributed by atoms with Crippen molar-refractivity contribution in [3.05, 3.63) is 146 Å². The van der Waals surface area contributed by atoms with E-state index in [-0.39, 0.29) is 93.4 Å². The summed E-state index contributed by atoms with van der Waals surface area (Å²) in [4.78, 5) is -0.762. The Kier molecular flexibility index (Phi) is 11.8. The second-order valence-corrected chi connectivity index (χ2v) is 14.6. The van der Waals surface area contributed by atoms with E-state index in [2.05, 4.69) is 20.5 Å². The zero-order valence-electron chi connectivity index (χ0n) is 28.5. The minimum atomic E-state index is -4.79. The van der Waals surface area contributed by atoms with E-state index in [0.717, 1.165) is 10.8 Å². The fourth-order valence-corrected chi connectivity index (χ4v) is 7.66. The molecule has 0 fully saturated rings. The summed E-state index contributed by atoms with van der Waals surface area (Å²) < 4.78 is 68.9. The molecule has 0 aliphatic rings. The molecule has 0 saturated heterocycles. The molecule has 15 heteroatoms. The van der Waals surface area contributed by atoms with Gasteiger partial charge in [0.2, 0.25) is 0 Å². The Morgan fingerprint density at radius 3 is 1.29 bits per heavy atom. The van der Waals surface area contributed by atoms with Gasteiger partial charge in [0.1, 0.15) is 32.1 Å². The molecule has 8 aromatic rings. The fourth-order valence-electron chi connectivity index (χ4n) is 6.00. The van der Waals surface area contributed by atoms with Crippen LogP contribution in [0, 0.1) is 0 Å². The molecule has 0 radical (unpaired) electrons. The number of hydrogen-bond donors (Lipinski definition) is 2. The molecule has 0 bridgehead atoms. The van der Waals surface area contributed by atoms with E-state index >= 15 is 0 Å². The normalized spacial score (nSPS) is 12.0. The number of aromatic hydroxyl groups is 1. The largest absolute Gasteiger partial charge is 2.00 e.